The van der Waals surface area contributed by atoms with Gasteiger partial charge >= 0.3 is 5.97 Å². The van der Waals surface area contributed by atoms with E-state index in [9.17, 15) is 18.4 Å². The maximum atomic E-state index is 13.7. The molecule has 0 aromatic heterocycles. The maximum Gasteiger partial charge on any atom is 0.329 e. The molecule has 0 heterocycles. The normalized spacial score (nSPS) is 21.0. The molecule has 6 heteroatoms. The van der Waals surface area contributed by atoms with Crippen LogP contribution in [-0.4, -0.2) is 34.5 Å². The van der Waals surface area contributed by atoms with Crippen molar-refractivity contribution in [1.82, 2.24) is 4.90 Å². The molecule has 0 aliphatic heterocycles. The predicted molar refractivity (Wildman–Crippen MR) is 71.7 cm³/mol. The molecule has 1 aromatic carbocycles. The molecule has 4 nitrogen and oxygen atoms in total. The Labute approximate surface area is 121 Å². The molecule has 0 bridgehead atoms. The first-order valence-electron chi connectivity index (χ1n) is 6.62. The zero-order valence-corrected chi connectivity index (χ0v) is 12.1. The third kappa shape index (κ3) is 2.75. The quantitative estimate of drug-likeness (QED) is 0.928. The number of hydrogen-bond donors (Lipinski definition) is 1. The third-order valence-electron chi connectivity index (χ3n) is 4.16. The van der Waals surface area contributed by atoms with Gasteiger partial charge in [0.1, 0.15) is 17.2 Å². The highest BCUT2D eigenvalue weighted by Crippen LogP contribution is 2.49. The molecule has 0 radical (unpaired) electrons. The zero-order valence-electron chi connectivity index (χ0n) is 12.1. The van der Waals surface area contributed by atoms with E-state index in [2.05, 4.69) is 0 Å². The summed E-state index contributed by atoms with van der Waals surface area (Å²) < 4.78 is 26.6. The van der Waals surface area contributed by atoms with Gasteiger partial charge in [-0.25, -0.2) is 13.6 Å². The van der Waals surface area contributed by atoms with Gasteiger partial charge in [-0.3, -0.25) is 4.79 Å². The van der Waals surface area contributed by atoms with Crippen molar-refractivity contribution < 1.29 is 23.5 Å². The zero-order chi connectivity index (χ0) is 15.9. The second-order valence-corrected chi connectivity index (χ2v) is 5.88. The molecular formula is C15H17F2NO3. The van der Waals surface area contributed by atoms with E-state index in [0.29, 0.717) is 12.0 Å². The van der Waals surface area contributed by atoms with Crippen molar-refractivity contribution in [3.63, 3.8) is 0 Å². The summed E-state index contributed by atoms with van der Waals surface area (Å²) in [5.41, 5.74) is -1.03. The fourth-order valence-electron chi connectivity index (χ4n) is 2.28. The summed E-state index contributed by atoms with van der Waals surface area (Å²) in [7, 11) is 1.42. The molecule has 1 aliphatic rings. The number of carbonyl (C=O) groups excluding carboxylic acids is 1. The number of carbonyl (C=O) groups is 2. The van der Waals surface area contributed by atoms with E-state index in [1.54, 1.807) is 0 Å². The summed E-state index contributed by atoms with van der Waals surface area (Å²) in [5.74, 6) is -3.54. The number of benzene rings is 1. The summed E-state index contributed by atoms with van der Waals surface area (Å²) in [6.07, 6.45) is 0.446. The minimum absolute atomic E-state index is 0.302. The van der Waals surface area contributed by atoms with Crippen LogP contribution in [0.4, 0.5) is 8.78 Å². The lowest BCUT2D eigenvalue weighted by atomic mass is 10.0. The summed E-state index contributed by atoms with van der Waals surface area (Å²) in [5, 5.41) is 9.12. The molecular weight excluding hydrogens is 280 g/mol. The third-order valence-corrected chi connectivity index (χ3v) is 4.16. The minimum Gasteiger partial charge on any atom is -0.480 e. The molecule has 0 saturated heterocycles. The van der Waals surface area contributed by atoms with Gasteiger partial charge in [0, 0.05) is 19.0 Å². The van der Waals surface area contributed by atoms with Gasteiger partial charge in [0.15, 0.2) is 0 Å². The molecule has 1 aliphatic carbocycles. The van der Waals surface area contributed by atoms with Crippen LogP contribution in [0.25, 0.3) is 0 Å². The predicted octanol–water partition coefficient (Wildman–Crippen LogP) is 2.39. The second kappa shape index (κ2) is 5.09. The van der Waals surface area contributed by atoms with Crippen LogP contribution >= 0.6 is 0 Å². The Balaban J connectivity index is 2.13. The summed E-state index contributed by atoms with van der Waals surface area (Å²) in [6.45, 7) is 2.87. The molecule has 1 amide bonds. The van der Waals surface area contributed by atoms with Crippen molar-refractivity contribution in [2.75, 3.05) is 7.05 Å². The lowest BCUT2D eigenvalue weighted by Gasteiger charge is -2.31. The van der Waals surface area contributed by atoms with Gasteiger partial charge in [0.05, 0.1) is 0 Å². The molecule has 0 spiro atoms. The van der Waals surface area contributed by atoms with Crippen LogP contribution in [0.1, 0.15) is 31.7 Å². The number of likely N-dealkylation sites (N-methyl/N-ethyl adjacent to an activating group) is 1. The van der Waals surface area contributed by atoms with Crippen LogP contribution in [0.2, 0.25) is 0 Å². The SMILES string of the molecule is CN(C(=O)C1CC1c1ccc(F)cc1F)C(C)(C)C(=O)O. The molecule has 2 rings (SSSR count). The number of rotatable bonds is 4. The van der Waals surface area contributed by atoms with Crippen LogP contribution < -0.4 is 0 Å². The van der Waals surface area contributed by atoms with Gasteiger partial charge in [-0.15, -0.1) is 0 Å². The Bertz CT molecular complexity index is 601. The van der Waals surface area contributed by atoms with Crippen LogP contribution in [0.3, 0.4) is 0 Å². The van der Waals surface area contributed by atoms with Crippen molar-refractivity contribution in [3.8, 4) is 0 Å². The van der Waals surface area contributed by atoms with Gasteiger partial charge in [0.25, 0.3) is 0 Å². The van der Waals surface area contributed by atoms with Crippen molar-refractivity contribution in [3.05, 3.63) is 35.4 Å². The van der Waals surface area contributed by atoms with E-state index in [4.69, 9.17) is 5.11 Å². The highest BCUT2D eigenvalue weighted by atomic mass is 19.1. The standard InChI is InChI=1S/C15H17F2NO3/c1-15(2,14(20)21)18(3)13(19)11-7-10(11)9-5-4-8(16)6-12(9)17/h4-6,10-11H,7H2,1-3H3,(H,20,21). The monoisotopic (exact) mass is 297 g/mol. The first kappa shape index (κ1) is 15.4. The van der Waals surface area contributed by atoms with Crippen molar-refractivity contribution in [2.45, 2.75) is 31.7 Å². The number of aliphatic carboxylic acids is 1. The summed E-state index contributed by atoms with van der Waals surface area (Å²) >= 11 is 0. The van der Waals surface area contributed by atoms with Gasteiger partial charge in [0.2, 0.25) is 5.91 Å². The maximum absolute atomic E-state index is 13.7. The number of carboxylic acids is 1. The molecule has 114 valence electrons. The number of hydrogen-bond acceptors (Lipinski definition) is 2. The smallest absolute Gasteiger partial charge is 0.329 e. The van der Waals surface area contributed by atoms with Crippen LogP contribution in [-0.2, 0) is 9.59 Å². The largest absolute Gasteiger partial charge is 0.480 e. The average Bonchev–Trinajstić information content (AvgIpc) is 3.16. The Morgan fingerprint density at radius 3 is 2.48 bits per heavy atom. The van der Waals surface area contributed by atoms with Crippen molar-refractivity contribution in [1.29, 1.82) is 0 Å². The molecule has 1 aromatic rings. The van der Waals surface area contributed by atoms with E-state index in [0.717, 1.165) is 12.1 Å². The lowest BCUT2D eigenvalue weighted by Crippen LogP contribution is -2.51. The Hall–Kier alpha value is -1.98. The van der Waals surface area contributed by atoms with Gasteiger partial charge in [-0.1, -0.05) is 6.07 Å². The lowest BCUT2D eigenvalue weighted by molar-refractivity contribution is -0.155. The van der Waals surface area contributed by atoms with Gasteiger partial charge < -0.3 is 10.0 Å². The molecule has 2 atom stereocenters. The molecule has 21 heavy (non-hydrogen) atoms. The minimum atomic E-state index is -1.33. The second-order valence-electron chi connectivity index (χ2n) is 5.88. The van der Waals surface area contributed by atoms with Crippen LogP contribution in [0, 0.1) is 17.6 Å². The first-order valence-corrected chi connectivity index (χ1v) is 6.62. The first-order chi connectivity index (χ1) is 9.66. The topological polar surface area (TPSA) is 57.6 Å². The molecule has 1 saturated carbocycles. The fourth-order valence-corrected chi connectivity index (χ4v) is 2.28. The molecule has 1 fully saturated rings. The Morgan fingerprint density at radius 2 is 1.95 bits per heavy atom. The van der Waals surface area contributed by atoms with E-state index in [1.807, 2.05) is 0 Å². The summed E-state index contributed by atoms with van der Waals surface area (Å²) in [4.78, 5) is 24.6. The van der Waals surface area contributed by atoms with Crippen molar-refractivity contribution >= 4 is 11.9 Å². The number of halogens is 2. The van der Waals surface area contributed by atoms with E-state index >= 15 is 0 Å². The summed E-state index contributed by atoms with van der Waals surface area (Å²) in [6, 6.07) is 3.29. The molecule has 1 N–H and O–H groups in total. The number of carboxylic acid groups (broad SMARTS) is 1. The van der Waals surface area contributed by atoms with Crippen LogP contribution in [0.5, 0.6) is 0 Å². The average molecular weight is 297 g/mol. The highest BCUT2D eigenvalue weighted by molar-refractivity contribution is 5.89. The van der Waals surface area contributed by atoms with Gasteiger partial charge in [-0.2, -0.15) is 0 Å². The Morgan fingerprint density at radius 1 is 1.33 bits per heavy atom. The van der Waals surface area contributed by atoms with Crippen LogP contribution in [0.15, 0.2) is 18.2 Å². The fraction of sp³-hybridized carbons (Fsp3) is 0.467. The van der Waals surface area contributed by atoms with E-state index in [-0.39, 0.29) is 11.8 Å². The van der Waals surface area contributed by atoms with Gasteiger partial charge in [-0.05, 0) is 37.8 Å². The van der Waals surface area contributed by atoms with E-state index < -0.39 is 29.1 Å². The Kier molecular flexibility index (Phi) is 3.74. The van der Waals surface area contributed by atoms with Crippen molar-refractivity contribution in [2.24, 2.45) is 5.92 Å². The van der Waals surface area contributed by atoms with E-state index in [1.165, 1.54) is 31.9 Å². The highest BCUT2D eigenvalue weighted by Gasteiger charge is 2.49. The molecule has 2 unspecified atom stereocenters. The number of amides is 1. The number of nitrogens with zero attached hydrogens (tertiary/aromatic N) is 1.